The Morgan fingerprint density at radius 3 is 2.55 bits per heavy atom. The quantitative estimate of drug-likeness (QED) is 0.453. The SMILES string of the molecule is COc1ccc(CN2Cc3c(F)c(NC4CCCCC4NC(=O)OC(C)(C)C)nc(Cl)c3C2=O)c(OC)c1. The van der Waals surface area contributed by atoms with Gasteiger partial charge in [0, 0.05) is 29.8 Å². The zero-order valence-corrected chi connectivity index (χ0v) is 23.1. The Bertz CT molecular complexity index is 1220. The maximum Gasteiger partial charge on any atom is 0.407 e. The maximum absolute atomic E-state index is 15.7. The van der Waals surface area contributed by atoms with Crippen molar-refractivity contribution >= 4 is 29.4 Å². The Morgan fingerprint density at radius 1 is 1.18 bits per heavy atom. The summed E-state index contributed by atoms with van der Waals surface area (Å²) in [5.41, 5.74) is 0.374. The van der Waals surface area contributed by atoms with Gasteiger partial charge in [0.05, 0.1) is 32.4 Å². The largest absolute Gasteiger partial charge is 0.497 e. The molecule has 0 spiro atoms. The van der Waals surface area contributed by atoms with Gasteiger partial charge in [0.25, 0.3) is 5.91 Å². The fourth-order valence-electron chi connectivity index (χ4n) is 4.89. The molecule has 0 radical (unpaired) electrons. The van der Waals surface area contributed by atoms with Gasteiger partial charge in [-0.15, -0.1) is 0 Å². The van der Waals surface area contributed by atoms with Gasteiger partial charge in [-0.3, -0.25) is 4.79 Å². The second-order valence-corrected chi connectivity index (χ2v) is 10.9. The number of nitrogens with zero attached hydrogens (tertiary/aromatic N) is 2. The normalized spacial score (nSPS) is 19.1. The molecule has 1 aliphatic carbocycles. The van der Waals surface area contributed by atoms with Crippen molar-refractivity contribution in [3.05, 3.63) is 45.9 Å². The number of pyridine rings is 1. The lowest BCUT2D eigenvalue weighted by molar-refractivity contribution is 0.0488. The van der Waals surface area contributed by atoms with Crippen LogP contribution in [0.15, 0.2) is 18.2 Å². The molecule has 2 aromatic rings. The lowest BCUT2D eigenvalue weighted by atomic mass is 9.90. The summed E-state index contributed by atoms with van der Waals surface area (Å²) in [7, 11) is 3.09. The Balaban J connectivity index is 1.53. The Labute approximate surface area is 227 Å². The number of alkyl carbamates (subject to hydrolysis) is 1. The number of ether oxygens (including phenoxy) is 3. The van der Waals surface area contributed by atoms with Gasteiger partial charge >= 0.3 is 6.09 Å². The summed E-state index contributed by atoms with van der Waals surface area (Å²) >= 11 is 6.42. The number of benzene rings is 1. The highest BCUT2D eigenvalue weighted by Crippen LogP contribution is 2.36. The number of anilines is 1. The van der Waals surface area contributed by atoms with Crippen LogP contribution in [0.1, 0.15) is 67.9 Å². The molecule has 1 saturated carbocycles. The number of methoxy groups -OCH3 is 2. The molecule has 2 amide bonds. The van der Waals surface area contributed by atoms with Crippen molar-refractivity contribution in [2.75, 3.05) is 19.5 Å². The van der Waals surface area contributed by atoms with Crippen LogP contribution in [0, 0.1) is 5.82 Å². The van der Waals surface area contributed by atoms with Crippen molar-refractivity contribution < 1.29 is 28.2 Å². The summed E-state index contributed by atoms with van der Waals surface area (Å²) in [5, 5.41) is 5.98. The molecule has 2 unspecified atom stereocenters. The third kappa shape index (κ3) is 6.06. The monoisotopic (exact) mass is 548 g/mol. The number of hydrogen-bond donors (Lipinski definition) is 2. The van der Waals surface area contributed by atoms with Crippen LogP contribution in [0.2, 0.25) is 5.15 Å². The molecule has 1 aromatic heterocycles. The standard InChI is InChI=1S/C27H34ClFN4O5/c1-27(2,3)38-26(35)31-19-9-7-6-8-18(19)30-24-22(29)17-14-33(25(34)21(17)23(28)32-24)13-15-10-11-16(36-4)12-20(15)37-5/h10-12,18-19H,6-9,13-14H2,1-5H3,(H,30,32)(H,31,35). The average molecular weight is 549 g/mol. The lowest BCUT2D eigenvalue weighted by Crippen LogP contribution is -2.50. The van der Waals surface area contributed by atoms with Crippen LogP contribution < -0.4 is 20.1 Å². The van der Waals surface area contributed by atoms with E-state index in [4.69, 9.17) is 25.8 Å². The topological polar surface area (TPSA) is 102 Å². The van der Waals surface area contributed by atoms with Crippen LogP contribution in [-0.4, -0.2) is 53.8 Å². The number of halogens is 2. The molecular weight excluding hydrogens is 515 g/mol. The predicted molar refractivity (Wildman–Crippen MR) is 141 cm³/mol. The van der Waals surface area contributed by atoms with Gasteiger partial charge in [0.2, 0.25) is 0 Å². The van der Waals surface area contributed by atoms with Crippen LogP contribution in [0.5, 0.6) is 11.5 Å². The number of carbonyl (C=O) groups excluding carboxylic acids is 2. The smallest absolute Gasteiger partial charge is 0.407 e. The molecule has 206 valence electrons. The molecule has 0 saturated heterocycles. The van der Waals surface area contributed by atoms with E-state index < -0.39 is 23.4 Å². The van der Waals surface area contributed by atoms with E-state index in [-0.39, 0.29) is 47.3 Å². The van der Waals surface area contributed by atoms with E-state index in [9.17, 15) is 9.59 Å². The van der Waals surface area contributed by atoms with Gasteiger partial charge in [-0.05, 0) is 45.7 Å². The van der Waals surface area contributed by atoms with E-state index in [2.05, 4.69) is 15.6 Å². The van der Waals surface area contributed by atoms with E-state index in [0.29, 0.717) is 24.3 Å². The number of carbonyl (C=O) groups is 2. The molecule has 2 heterocycles. The molecule has 1 fully saturated rings. The summed E-state index contributed by atoms with van der Waals surface area (Å²) in [5.74, 6) is 0.124. The van der Waals surface area contributed by atoms with Gasteiger partial charge in [-0.1, -0.05) is 24.4 Å². The highest BCUT2D eigenvalue weighted by atomic mass is 35.5. The minimum absolute atomic E-state index is 0.0340. The van der Waals surface area contributed by atoms with Crippen molar-refractivity contribution in [1.29, 1.82) is 0 Å². The molecule has 2 aliphatic rings. The van der Waals surface area contributed by atoms with Gasteiger partial charge < -0.3 is 29.7 Å². The van der Waals surface area contributed by atoms with Crippen LogP contribution >= 0.6 is 11.6 Å². The van der Waals surface area contributed by atoms with E-state index in [1.54, 1.807) is 46.1 Å². The maximum atomic E-state index is 15.7. The number of amides is 2. The number of fused-ring (bicyclic) bond motifs is 1. The number of aromatic nitrogens is 1. The first-order chi connectivity index (χ1) is 18.0. The van der Waals surface area contributed by atoms with Crippen molar-refractivity contribution in [2.24, 2.45) is 0 Å². The van der Waals surface area contributed by atoms with Gasteiger partial charge in [0.1, 0.15) is 22.3 Å². The second-order valence-electron chi connectivity index (χ2n) is 10.5. The molecule has 1 aromatic carbocycles. The van der Waals surface area contributed by atoms with Gasteiger partial charge in [-0.25, -0.2) is 14.2 Å². The highest BCUT2D eigenvalue weighted by molar-refractivity contribution is 6.33. The molecule has 1 aliphatic heterocycles. The molecule has 2 atom stereocenters. The molecule has 9 nitrogen and oxygen atoms in total. The Morgan fingerprint density at radius 2 is 1.89 bits per heavy atom. The molecule has 38 heavy (non-hydrogen) atoms. The van der Waals surface area contributed by atoms with Crippen molar-refractivity contribution in [1.82, 2.24) is 15.2 Å². The summed E-state index contributed by atoms with van der Waals surface area (Å²) < 4.78 is 31.8. The van der Waals surface area contributed by atoms with Crippen molar-refractivity contribution in [3.63, 3.8) is 0 Å². The average Bonchev–Trinajstić information content (AvgIpc) is 3.19. The molecule has 11 heteroatoms. The van der Waals surface area contributed by atoms with Crippen LogP contribution in [-0.2, 0) is 17.8 Å². The predicted octanol–water partition coefficient (Wildman–Crippen LogP) is 5.30. The first-order valence-electron chi connectivity index (χ1n) is 12.6. The van der Waals surface area contributed by atoms with Gasteiger partial charge in [0.15, 0.2) is 11.6 Å². The lowest BCUT2D eigenvalue weighted by Gasteiger charge is -2.34. The first kappa shape index (κ1) is 27.8. The van der Waals surface area contributed by atoms with Gasteiger partial charge in [-0.2, -0.15) is 0 Å². The number of nitrogens with one attached hydrogen (secondary N) is 2. The third-order valence-corrected chi connectivity index (χ3v) is 6.96. The molecular formula is C27H34ClFN4O5. The summed E-state index contributed by atoms with van der Waals surface area (Å²) in [6, 6.07) is 4.76. The van der Waals surface area contributed by atoms with Crippen LogP contribution in [0.4, 0.5) is 15.0 Å². The summed E-state index contributed by atoms with van der Waals surface area (Å²) in [6.07, 6.45) is 2.75. The first-order valence-corrected chi connectivity index (χ1v) is 13.0. The fourth-order valence-corrected chi connectivity index (χ4v) is 5.17. The van der Waals surface area contributed by atoms with Crippen molar-refractivity contribution in [2.45, 2.75) is 77.2 Å². The third-order valence-electron chi connectivity index (χ3n) is 6.69. The van der Waals surface area contributed by atoms with E-state index >= 15 is 4.39 Å². The number of rotatable bonds is 7. The zero-order chi connectivity index (χ0) is 27.6. The number of hydrogen-bond acceptors (Lipinski definition) is 7. The van der Waals surface area contributed by atoms with Crippen LogP contribution in [0.25, 0.3) is 0 Å². The summed E-state index contributed by atoms with van der Waals surface area (Å²) in [4.78, 5) is 31.3. The Hall–Kier alpha value is -3.27. The summed E-state index contributed by atoms with van der Waals surface area (Å²) in [6.45, 7) is 5.62. The molecule has 0 bridgehead atoms. The van der Waals surface area contributed by atoms with Crippen molar-refractivity contribution in [3.8, 4) is 11.5 Å². The van der Waals surface area contributed by atoms with E-state index in [1.165, 1.54) is 12.0 Å². The zero-order valence-electron chi connectivity index (χ0n) is 22.3. The van der Waals surface area contributed by atoms with E-state index in [0.717, 1.165) is 18.4 Å². The molecule has 4 rings (SSSR count). The second kappa shape index (κ2) is 11.2. The van der Waals surface area contributed by atoms with Crippen LogP contribution in [0.3, 0.4) is 0 Å². The minimum atomic E-state index is -0.628. The van der Waals surface area contributed by atoms with E-state index in [1.807, 2.05) is 0 Å². The fraction of sp³-hybridized carbons (Fsp3) is 0.519. The molecule has 2 N–H and O–H groups in total. The Kier molecular flexibility index (Phi) is 8.20. The highest BCUT2D eigenvalue weighted by Gasteiger charge is 2.36. The minimum Gasteiger partial charge on any atom is -0.497 e.